The number of hydrogen-bond acceptors (Lipinski definition) is 3. The standard InChI is InChI=1S/C17H24N4O2S/c1-12-4-3-5-15-16(12)13(10-20-15)6-8-19-17(18-2)21-14-7-9-24(22,23)11-14/h3-5,10,14,20H,6-9,11H2,1-2H3,(H2,18,19,21). The Balaban J connectivity index is 1.56. The molecule has 1 saturated heterocycles. The maximum absolute atomic E-state index is 11.5. The molecule has 24 heavy (non-hydrogen) atoms. The van der Waals surface area contributed by atoms with Crippen LogP contribution in [-0.2, 0) is 16.3 Å². The average molecular weight is 348 g/mol. The highest BCUT2D eigenvalue weighted by molar-refractivity contribution is 7.91. The molecule has 0 aliphatic carbocycles. The molecule has 0 saturated carbocycles. The van der Waals surface area contributed by atoms with Crippen LogP contribution in [0.2, 0.25) is 0 Å². The van der Waals surface area contributed by atoms with Crippen molar-refractivity contribution in [3.8, 4) is 0 Å². The number of rotatable bonds is 4. The summed E-state index contributed by atoms with van der Waals surface area (Å²) in [5, 5.41) is 7.76. The van der Waals surface area contributed by atoms with Gasteiger partial charge in [-0.1, -0.05) is 12.1 Å². The predicted molar refractivity (Wildman–Crippen MR) is 98.3 cm³/mol. The van der Waals surface area contributed by atoms with E-state index in [-0.39, 0.29) is 17.5 Å². The first-order valence-corrected chi connectivity index (χ1v) is 10.0. The van der Waals surface area contributed by atoms with E-state index in [1.54, 1.807) is 7.05 Å². The molecule has 2 aromatic rings. The number of sulfone groups is 1. The van der Waals surface area contributed by atoms with E-state index in [2.05, 4.69) is 51.9 Å². The van der Waals surface area contributed by atoms with Gasteiger partial charge in [0, 0.05) is 36.7 Å². The Labute approximate surface area is 142 Å². The number of aliphatic imine (C=N–C) groups is 1. The summed E-state index contributed by atoms with van der Waals surface area (Å²) in [6.45, 7) is 2.86. The summed E-state index contributed by atoms with van der Waals surface area (Å²) >= 11 is 0. The monoisotopic (exact) mass is 348 g/mol. The summed E-state index contributed by atoms with van der Waals surface area (Å²) in [4.78, 5) is 7.50. The van der Waals surface area contributed by atoms with Crippen molar-refractivity contribution in [3.05, 3.63) is 35.5 Å². The number of benzene rings is 1. The lowest BCUT2D eigenvalue weighted by Gasteiger charge is -2.16. The lowest BCUT2D eigenvalue weighted by molar-refractivity contribution is 0.599. The molecule has 3 N–H and O–H groups in total. The second-order valence-electron chi connectivity index (χ2n) is 6.30. The molecule has 3 rings (SSSR count). The molecule has 1 aromatic heterocycles. The largest absolute Gasteiger partial charge is 0.361 e. The molecule has 1 unspecified atom stereocenters. The smallest absolute Gasteiger partial charge is 0.191 e. The first-order chi connectivity index (χ1) is 11.5. The zero-order valence-electron chi connectivity index (χ0n) is 14.1. The first-order valence-electron chi connectivity index (χ1n) is 8.22. The fourth-order valence-corrected chi connectivity index (χ4v) is 4.93. The third kappa shape index (κ3) is 3.72. The van der Waals surface area contributed by atoms with Gasteiger partial charge in [0.15, 0.2) is 15.8 Å². The third-order valence-corrected chi connectivity index (χ3v) is 6.25. The van der Waals surface area contributed by atoms with Gasteiger partial charge in [-0.2, -0.15) is 0 Å². The van der Waals surface area contributed by atoms with E-state index in [0.29, 0.717) is 12.4 Å². The lowest BCUT2D eigenvalue weighted by atomic mass is 10.1. The molecule has 1 fully saturated rings. The molecule has 1 atom stereocenters. The Morgan fingerprint density at radius 2 is 2.25 bits per heavy atom. The SMILES string of the molecule is CN=C(NCCc1c[nH]c2cccc(C)c12)NC1CCS(=O)(=O)C1. The summed E-state index contributed by atoms with van der Waals surface area (Å²) in [6.07, 6.45) is 3.57. The summed E-state index contributed by atoms with van der Waals surface area (Å²) in [7, 11) is -1.18. The van der Waals surface area contributed by atoms with Crippen molar-refractivity contribution in [1.29, 1.82) is 0 Å². The van der Waals surface area contributed by atoms with Crippen LogP contribution >= 0.6 is 0 Å². The van der Waals surface area contributed by atoms with Gasteiger partial charge < -0.3 is 15.6 Å². The second kappa shape index (κ2) is 6.84. The number of aryl methyl sites for hydroxylation is 1. The minimum absolute atomic E-state index is 0.0449. The Bertz CT molecular complexity index is 855. The predicted octanol–water partition coefficient (Wildman–Crippen LogP) is 1.37. The van der Waals surface area contributed by atoms with E-state index >= 15 is 0 Å². The van der Waals surface area contributed by atoms with E-state index in [4.69, 9.17) is 0 Å². The summed E-state index contributed by atoms with van der Waals surface area (Å²) < 4.78 is 23.1. The zero-order chi connectivity index (χ0) is 17.2. The van der Waals surface area contributed by atoms with Crippen molar-refractivity contribution in [2.45, 2.75) is 25.8 Å². The third-order valence-electron chi connectivity index (χ3n) is 4.48. The summed E-state index contributed by atoms with van der Waals surface area (Å²) in [6, 6.07) is 6.21. The van der Waals surface area contributed by atoms with Crippen molar-refractivity contribution in [1.82, 2.24) is 15.6 Å². The minimum Gasteiger partial charge on any atom is -0.361 e. The van der Waals surface area contributed by atoms with Crippen LogP contribution < -0.4 is 10.6 Å². The lowest BCUT2D eigenvalue weighted by Crippen LogP contribution is -2.44. The molecule has 0 radical (unpaired) electrons. The number of aromatic nitrogens is 1. The molecule has 6 nitrogen and oxygen atoms in total. The van der Waals surface area contributed by atoms with Crippen LogP contribution in [0.5, 0.6) is 0 Å². The highest BCUT2D eigenvalue weighted by Crippen LogP contribution is 2.22. The number of nitrogens with one attached hydrogen (secondary N) is 3. The van der Waals surface area contributed by atoms with Gasteiger partial charge in [0.2, 0.25) is 0 Å². The fraction of sp³-hybridized carbons (Fsp3) is 0.471. The first kappa shape index (κ1) is 16.8. The molecule has 0 bridgehead atoms. The average Bonchev–Trinajstić information content (AvgIpc) is 3.10. The van der Waals surface area contributed by atoms with Crippen LogP contribution in [0.25, 0.3) is 10.9 Å². The van der Waals surface area contributed by atoms with E-state index in [0.717, 1.165) is 18.5 Å². The van der Waals surface area contributed by atoms with Crippen LogP contribution in [0.4, 0.5) is 0 Å². The zero-order valence-corrected chi connectivity index (χ0v) is 14.9. The Morgan fingerprint density at radius 3 is 2.96 bits per heavy atom. The van der Waals surface area contributed by atoms with Crippen molar-refractivity contribution in [2.75, 3.05) is 25.1 Å². The Morgan fingerprint density at radius 1 is 1.42 bits per heavy atom. The van der Waals surface area contributed by atoms with Crippen LogP contribution in [0.3, 0.4) is 0 Å². The maximum atomic E-state index is 11.5. The Hall–Kier alpha value is -2.02. The van der Waals surface area contributed by atoms with Crippen LogP contribution in [0.15, 0.2) is 29.4 Å². The van der Waals surface area contributed by atoms with Crippen molar-refractivity contribution in [3.63, 3.8) is 0 Å². The van der Waals surface area contributed by atoms with Gasteiger partial charge >= 0.3 is 0 Å². The van der Waals surface area contributed by atoms with Gasteiger partial charge in [0.05, 0.1) is 11.5 Å². The molecule has 7 heteroatoms. The van der Waals surface area contributed by atoms with Crippen molar-refractivity contribution < 1.29 is 8.42 Å². The number of hydrogen-bond donors (Lipinski definition) is 3. The molecule has 0 amide bonds. The molecule has 1 aliphatic rings. The summed E-state index contributed by atoms with van der Waals surface area (Å²) in [5.41, 5.74) is 3.69. The highest BCUT2D eigenvalue weighted by Gasteiger charge is 2.28. The highest BCUT2D eigenvalue weighted by atomic mass is 32.2. The Kier molecular flexibility index (Phi) is 4.80. The van der Waals surface area contributed by atoms with E-state index in [1.807, 2.05) is 0 Å². The van der Waals surface area contributed by atoms with E-state index in [1.165, 1.54) is 16.5 Å². The normalized spacial score (nSPS) is 20.4. The van der Waals surface area contributed by atoms with Crippen molar-refractivity contribution in [2.24, 2.45) is 4.99 Å². The van der Waals surface area contributed by atoms with Crippen LogP contribution in [0, 0.1) is 6.92 Å². The van der Waals surface area contributed by atoms with Crippen LogP contribution in [0.1, 0.15) is 17.5 Å². The van der Waals surface area contributed by atoms with Gasteiger partial charge in [0.1, 0.15) is 0 Å². The van der Waals surface area contributed by atoms with Crippen LogP contribution in [-0.4, -0.2) is 50.5 Å². The fourth-order valence-electron chi connectivity index (χ4n) is 3.26. The maximum Gasteiger partial charge on any atom is 0.191 e. The van der Waals surface area contributed by atoms with E-state index < -0.39 is 9.84 Å². The molecule has 2 heterocycles. The molecular formula is C17H24N4O2S. The van der Waals surface area contributed by atoms with Gasteiger partial charge in [-0.05, 0) is 37.0 Å². The quantitative estimate of drug-likeness (QED) is 0.575. The number of guanidine groups is 1. The molecular weight excluding hydrogens is 324 g/mol. The van der Waals surface area contributed by atoms with Gasteiger partial charge in [-0.3, -0.25) is 4.99 Å². The molecule has 1 aromatic carbocycles. The number of nitrogens with zero attached hydrogens (tertiary/aromatic N) is 1. The van der Waals surface area contributed by atoms with Gasteiger partial charge in [-0.15, -0.1) is 0 Å². The molecule has 1 aliphatic heterocycles. The topological polar surface area (TPSA) is 86.3 Å². The van der Waals surface area contributed by atoms with Gasteiger partial charge in [0.25, 0.3) is 0 Å². The second-order valence-corrected chi connectivity index (χ2v) is 8.53. The van der Waals surface area contributed by atoms with Gasteiger partial charge in [-0.25, -0.2) is 8.42 Å². The number of H-pyrrole nitrogens is 1. The van der Waals surface area contributed by atoms with E-state index in [9.17, 15) is 8.42 Å². The number of fused-ring (bicyclic) bond motifs is 1. The minimum atomic E-state index is -2.88. The number of aromatic amines is 1. The molecule has 0 spiro atoms. The van der Waals surface area contributed by atoms with Crippen molar-refractivity contribution >= 4 is 26.7 Å². The molecule has 130 valence electrons. The summed E-state index contributed by atoms with van der Waals surface area (Å²) in [5.74, 6) is 1.11.